The number of aromatic nitrogens is 4. The highest BCUT2D eigenvalue weighted by Gasteiger charge is 2.32. The third-order valence-corrected chi connectivity index (χ3v) is 9.66. The molecular formula is C35H34Cl2N6O4. The maximum Gasteiger partial charge on any atom is 0.278 e. The first-order valence-corrected chi connectivity index (χ1v) is 16.2. The molecular weight excluding hydrogens is 639 g/mol. The fourth-order valence-electron chi connectivity index (χ4n) is 6.44. The standard InChI is InChI=1S/C35H34Cl2N6O4/c1-18-12-20-16-39-43(2)35(44)30(20)33(40-18)41-27-9-5-7-23(32(27)37)22-6-4-8-24(31(22)36)28-14-19-13-21(15-25(19)34(42-28)45-3)47-29-17-46-11-10-26(29)38/h4-9,12,14,16,21,26,29H,10-11,13,15,17,38H2,1-3H3,(H,40,41)/t21?,26-,29+/m1/s1. The summed E-state index contributed by atoms with van der Waals surface area (Å²) < 4.78 is 19.0. The number of fused-ring (bicyclic) bond motifs is 2. The summed E-state index contributed by atoms with van der Waals surface area (Å²) in [5.74, 6) is 0.953. The summed E-state index contributed by atoms with van der Waals surface area (Å²) in [7, 11) is 3.23. The first kappa shape index (κ1) is 31.5. The molecule has 1 fully saturated rings. The zero-order valence-corrected chi connectivity index (χ0v) is 27.7. The molecule has 2 aromatic carbocycles. The molecule has 0 bridgehead atoms. The zero-order chi connectivity index (χ0) is 32.8. The highest BCUT2D eigenvalue weighted by atomic mass is 35.5. The Kier molecular flexibility index (Phi) is 8.63. The lowest BCUT2D eigenvalue weighted by atomic mass is 9.99. The van der Waals surface area contributed by atoms with E-state index in [9.17, 15) is 4.79 Å². The Morgan fingerprint density at radius 2 is 1.81 bits per heavy atom. The van der Waals surface area contributed by atoms with Crippen molar-refractivity contribution >= 4 is 45.5 Å². The number of nitrogens with zero attached hydrogens (tertiary/aromatic N) is 4. The van der Waals surface area contributed by atoms with E-state index in [1.165, 1.54) is 4.68 Å². The molecule has 7 rings (SSSR count). The second-order valence-electron chi connectivity index (χ2n) is 12.0. The SMILES string of the molecule is COc1nc(-c2cccc(-c3cccc(Nc4nc(C)cc5cnn(C)c(=O)c45)c3Cl)c2Cl)cc2c1CC(O[C@H]1COCC[C@H]1N)C2. The van der Waals surface area contributed by atoms with Gasteiger partial charge in [0.25, 0.3) is 5.56 Å². The Balaban J connectivity index is 1.22. The lowest BCUT2D eigenvalue weighted by molar-refractivity contribution is -0.0901. The van der Waals surface area contributed by atoms with Crippen LogP contribution in [0.2, 0.25) is 10.0 Å². The number of nitrogens with two attached hydrogens (primary N) is 1. The van der Waals surface area contributed by atoms with Crippen molar-refractivity contribution in [1.82, 2.24) is 19.7 Å². The summed E-state index contributed by atoms with van der Waals surface area (Å²) in [5, 5.41) is 9.48. The van der Waals surface area contributed by atoms with Crippen molar-refractivity contribution < 1.29 is 14.2 Å². The van der Waals surface area contributed by atoms with Gasteiger partial charge in [-0.15, -0.1) is 0 Å². The minimum absolute atomic E-state index is 0.0396. The number of methoxy groups -OCH3 is 1. The summed E-state index contributed by atoms with van der Waals surface area (Å²) in [6.07, 6.45) is 3.66. The van der Waals surface area contributed by atoms with Crippen molar-refractivity contribution in [1.29, 1.82) is 0 Å². The predicted octanol–water partition coefficient (Wildman–Crippen LogP) is 6.02. The van der Waals surface area contributed by atoms with Gasteiger partial charge in [0.15, 0.2) is 0 Å². The summed E-state index contributed by atoms with van der Waals surface area (Å²) in [6, 6.07) is 15.3. The van der Waals surface area contributed by atoms with E-state index in [0.717, 1.165) is 34.4 Å². The molecule has 1 aliphatic heterocycles. The number of aryl methyl sites for hydroxylation is 2. The Bertz CT molecular complexity index is 2070. The van der Waals surface area contributed by atoms with Crippen LogP contribution in [0.5, 0.6) is 5.88 Å². The molecule has 47 heavy (non-hydrogen) atoms. The minimum Gasteiger partial charge on any atom is -0.481 e. The highest BCUT2D eigenvalue weighted by Crippen LogP contribution is 2.43. The van der Waals surface area contributed by atoms with Gasteiger partial charge in [0, 0.05) is 59.5 Å². The van der Waals surface area contributed by atoms with Gasteiger partial charge in [0.05, 0.1) is 58.9 Å². The lowest BCUT2D eigenvalue weighted by Crippen LogP contribution is -2.46. The highest BCUT2D eigenvalue weighted by molar-refractivity contribution is 6.39. The average molecular weight is 674 g/mol. The van der Waals surface area contributed by atoms with Crippen LogP contribution in [0, 0.1) is 6.92 Å². The number of halogens is 2. The summed E-state index contributed by atoms with van der Waals surface area (Å²) in [5.41, 5.74) is 12.4. The number of nitrogens with one attached hydrogen (secondary N) is 1. The number of rotatable bonds is 7. The number of hydrogen-bond acceptors (Lipinski definition) is 9. The number of pyridine rings is 2. The van der Waals surface area contributed by atoms with E-state index >= 15 is 0 Å². The molecule has 10 nitrogen and oxygen atoms in total. The van der Waals surface area contributed by atoms with Crippen LogP contribution in [-0.2, 0) is 29.4 Å². The first-order valence-electron chi connectivity index (χ1n) is 15.5. The fourth-order valence-corrected chi connectivity index (χ4v) is 7.04. The molecule has 5 aromatic rings. The molecule has 0 saturated carbocycles. The Hall–Kier alpha value is -4.06. The molecule has 1 saturated heterocycles. The third kappa shape index (κ3) is 5.96. The van der Waals surface area contributed by atoms with Crippen molar-refractivity contribution in [2.75, 3.05) is 25.6 Å². The average Bonchev–Trinajstić information content (AvgIpc) is 3.47. The van der Waals surface area contributed by atoms with Crippen molar-refractivity contribution in [2.45, 2.75) is 44.4 Å². The zero-order valence-electron chi connectivity index (χ0n) is 26.2. The van der Waals surface area contributed by atoms with Crippen LogP contribution in [0.4, 0.5) is 11.5 Å². The lowest BCUT2D eigenvalue weighted by Gasteiger charge is -2.30. The maximum absolute atomic E-state index is 13.0. The molecule has 3 atom stereocenters. The topological polar surface area (TPSA) is 126 Å². The van der Waals surface area contributed by atoms with Gasteiger partial charge in [-0.05, 0) is 43.5 Å². The molecule has 2 aliphatic rings. The van der Waals surface area contributed by atoms with Crippen LogP contribution in [0.25, 0.3) is 33.2 Å². The number of ether oxygens (including phenoxy) is 3. The molecule has 242 valence electrons. The van der Waals surface area contributed by atoms with Gasteiger partial charge < -0.3 is 25.3 Å². The second kappa shape index (κ2) is 12.9. The van der Waals surface area contributed by atoms with E-state index in [1.807, 2.05) is 49.4 Å². The van der Waals surface area contributed by atoms with Gasteiger partial charge in [-0.2, -0.15) is 5.10 Å². The van der Waals surface area contributed by atoms with Crippen LogP contribution < -0.4 is 21.3 Å². The van der Waals surface area contributed by atoms with Crippen LogP contribution in [-0.4, -0.2) is 58.3 Å². The van der Waals surface area contributed by atoms with Crippen LogP contribution in [0.15, 0.2) is 59.5 Å². The molecule has 12 heteroatoms. The molecule has 1 aliphatic carbocycles. The molecule has 0 amide bonds. The minimum atomic E-state index is -0.262. The van der Waals surface area contributed by atoms with Gasteiger partial charge in [-0.25, -0.2) is 14.6 Å². The van der Waals surface area contributed by atoms with Crippen molar-refractivity contribution in [3.63, 3.8) is 0 Å². The molecule has 1 unspecified atom stereocenters. The summed E-state index contributed by atoms with van der Waals surface area (Å²) in [4.78, 5) is 22.5. The van der Waals surface area contributed by atoms with Crippen molar-refractivity contribution in [3.8, 4) is 28.3 Å². The van der Waals surface area contributed by atoms with E-state index < -0.39 is 0 Å². The van der Waals surface area contributed by atoms with E-state index in [1.54, 1.807) is 20.4 Å². The van der Waals surface area contributed by atoms with Crippen molar-refractivity contribution in [2.24, 2.45) is 12.8 Å². The quantitative estimate of drug-likeness (QED) is 0.213. The van der Waals surface area contributed by atoms with Gasteiger partial charge in [0.2, 0.25) is 5.88 Å². The van der Waals surface area contributed by atoms with Gasteiger partial charge >= 0.3 is 0 Å². The van der Waals surface area contributed by atoms with E-state index in [-0.39, 0.29) is 23.8 Å². The third-order valence-electron chi connectivity index (χ3n) is 8.85. The second-order valence-corrected chi connectivity index (χ2v) is 12.8. The van der Waals surface area contributed by atoms with E-state index in [2.05, 4.69) is 21.5 Å². The monoisotopic (exact) mass is 672 g/mol. The van der Waals surface area contributed by atoms with Crippen LogP contribution >= 0.6 is 23.2 Å². The largest absolute Gasteiger partial charge is 0.481 e. The van der Waals surface area contributed by atoms with Crippen molar-refractivity contribution in [3.05, 3.63) is 91.9 Å². The van der Waals surface area contributed by atoms with E-state index in [0.29, 0.717) is 75.5 Å². The van der Waals surface area contributed by atoms with E-state index in [4.69, 9.17) is 48.1 Å². The molecule has 4 heterocycles. The fraction of sp³-hybridized carbons (Fsp3) is 0.314. The summed E-state index contributed by atoms with van der Waals surface area (Å²) >= 11 is 14.2. The molecule has 3 aromatic heterocycles. The Morgan fingerprint density at radius 1 is 1.04 bits per heavy atom. The number of benzene rings is 2. The van der Waals surface area contributed by atoms with Gasteiger partial charge in [0.1, 0.15) is 5.82 Å². The summed E-state index contributed by atoms with van der Waals surface area (Å²) in [6.45, 7) is 3.03. The predicted molar refractivity (Wildman–Crippen MR) is 184 cm³/mol. The molecule has 0 radical (unpaired) electrons. The maximum atomic E-state index is 13.0. The number of anilines is 2. The molecule has 3 N–H and O–H groups in total. The smallest absolute Gasteiger partial charge is 0.278 e. The Morgan fingerprint density at radius 3 is 2.60 bits per heavy atom. The van der Waals surface area contributed by atoms with Gasteiger partial charge in [-0.3, -0.25) is 4.79 Å². The Labute approximate surface area is 281 Å². The van der Waals surface area contributed by atoms with Crippen LogP contribution in [0.3, 0.4) is 0 Å². The molecule has 0 spiro atoms. The van der Waals surface area contributed by atoms with Crippen LogP contribution in [0.1, 0.15) is 23.2 Å². The van der Waals surface area contributed by atoms with Gasteiger partial charge in [-0.1, -0.05) is 53.5 Å². The normalized spacial score (nSPS) is 19.1. The number of hydrogen-bond donors (Lipinski definition) is 2. The first-order chi connectivity index (χ1) is 22.7.